The van der Waals surface area contributed by atoms with Crippen LogP contribution in [0.5, 0.6) is 0 Å². The number of aryl methyl sites for hydroxylation is 1. The summed E-state index contributed by atoms with van der Waals surface area (Å²) in [6.07, 6.45) is 7.20. The maximum atomic E-state index is 13.6. The number of terminal acetylenes is 1. The molecular weight excluding hydrogens is 347 g/mol. The van der Waals surface area contributed by atoms with Crippen molar-refractivity contribution in [2.75, 3.05) is 0 Å². The third-order valence-electron chi connectivity index (χ3n) is 3.80. The van der Waals surface area contributed by atoms with Crippen molar-refractivity contribution in [3.05, 3.63) is 26.9 Å². The molecule has 0 atom stereocenters. The minimum Gasteiger partial charge on any atom is -0.350 e. The predicted molar refractivity (Wildman–Crippen MR) is 88.6 cm³/mol. The second-order valence-electron chi connectivity index (χ2n) is 5.67. The second-order valence-corrected chi connectivity index (χ2v) is 6.71. The zero-order valence-corrected chi connectivity index (χ0v) is 14.3. The Morgan fingerprint density at radius 1 is 1.44 bits per heavy atom. The molecule has 1 aliphatic heterocycles. The fourth-order valence-corrected chi connectivity index (χ4v) is 3.15. The van der Waals surface area contributed by atoms with Gasteiger partial charge in [-0.2, -0.15) is 24.2 Å². The van der Waals surface area contributed by atoms with Gasteiger partial charge in [0.2, 0.25) is 16.7 Å². The van der Waals surface area contributed by atoms with Crippen LogP contribution in [0.2, 0.25) is 0 Å². The fraction of sp³-hybridized carbons (Fsp3) is 0.467. The van der Waals surface area contributed by atoms with Crippen LogP contribution in [0.3, 0.4) is 0 Å². The monoisotopic (exact) mass is 362 g/mol. The van der Waals surface area contributed by atoms with Crippen molar-refractivity contribution in [1.29, 1.82) is 0 Å². The zero-order chi connectivity index (χ0) is 18.0. The van der Waals surface area contributed by atoms with Crippen LogP contribution in [0, 0.1) is 25.1 Å². The summed E-state index contributed by atoms with van der Waals surface area (Å²) < 4.78 is 14.5. The van der Waals surface area contributed by atoms with Crippen LogP contribution in [-0.2, 0) is 11.3 Å². The second kappa shape index (κ2) is 6.68. The third kappa shape index (κ3) is 3.71. The Balaban J connectivity index is 1.56. The van der Waals surface area contributed by atoms with E-state index >= 15 is 0 Å². The highest BCUT2D eigenvalue weighted by Gasteiger charge is 2.39. The lowest BCUT2D eigenvalue weighted by Crippen LogP contribution is -2.25. The SMILES string of the molecule is C#CCCC1(CCC(=O)NCc2nn3c(=O)c(F)c(C)nc3s2)N=N1. The molecule has 1 aliphatic rings. The Labute approximate surface area is 146 Å². The Kier molecular flexibility index (Phi) is 4.59. The first-order valence-electron chi connectivity index (χ1n) is 7.63. The lowest BCUT2D eigenvalue weighted by atomic mass is 10.0. The maximum Gasteiger partial charge on any atom is 0.311 e. The van der Waals surface area contributed by atoms with Crippen molar-refractivity contribution in [3.63, 3.8) is 0 Å². The molecule has 3 rings (SSSR count). The number of nitrogens with one attached hydrogen (secondary N) is 1. The van der Waals surface area contributed by atoms with E-state index in [0.717, 1.165) is 15.9 Å². The van der Waals surface area contributed by atoms with Crippen LogP contribution in [-0.4, -0.2) is 26.2 Å². The molecule has 130 valence electrons. The van der Waals surface area contributed by atoms with Crippen molar-refractivity contribution in [2.24, 2.45) is 10.2 Å². The largest absolute Gasteiger partial charge is 0.350 e. The first-order chi connectivity index (χ1) is 11.9. The van der Waals surface area contributed by atoms with E-state index in [1.807, 2.05) is 0 Å². The van der Waals surface area contributed by atoms with E-state index in [9.17, 15) is 14.0 Å². The van der Waals surface area contributed by atoms with Gasteiger partial charge in [-0.1, -0.05) is 11.3 Å². The van der Waals surface area contributed by atoms with Gasteiger partial charge in [-0.3, -0.25) is 9.59 Å². The van der Waals surface area contributed by atoms with Crippen molar-refractivity contribution in [1.82, 2.24) is 19.9 Å². The Hall–Kier alpha value is -2.67. The molecule has 0 spiro atoms. The molecule has 0 radical (unpaired) electrons. The van der Waals surface area contributed by atoms with Gasteiger partial charge in [0.15, 0.2) is 5.66 Å². The van der Waals surface area contributed by atoms with Gasteiger partial charge in [0, 0.05) is 25.7 Å². The summed E-state index contributed by atoms with van der Waals surface area (Å²) in [5.74, 6) is 1.43. The number of halogens is 1. The lowest BCUT2D eigenvalue weighted by molar-refractivity contribution is -0.121. The number of fused-ring (bicyclic) bond motifs is 1. The summed E-state index contributed by atoms with van der Waals surface area (Å²) in [6, 6.07) is 0. The maximum absolute atomic E-state index is 13.6. The van der Waals surface area contributed by atoms with Gasteiger partial charge in [-0.05, 0) is 6.92 Å². The number of nitrogens with zero attached hydrogens (tertiary/aromatic N) is 5. The molecule has 0 fully saturated rings. The first kappa shape index (κ1) is 17.2. The molecule has 0 saturated carbocycles. The van der Waals surface area contributed by atoms with E-state index < -0.39 is 17.0 Å². The number of carbonyl (C=O) groups excluding carboxylic acids is 1. The molecular formula is C15H15FN6O2S. The first-order valence-corrected chi connectivity index (χ1v) is 8.45. The van der Waals surface area contributed by atoms with E-state index in [-0.39, 0.29) is 29.5 Å². The molecule has 2 aromatic heterocycles. The van der Waals surface area contributed by atoms with Gasteiger partial charge < -0.3 is 5.32 Å². The average molecular weight is 362 g/mol. The molecule has 3 heterocycles. The molecule has 2 aromatic rings. The van der Waals surface area contributed by atoms with Crippen LogP contribution >= 0.6 is 11.3 Å². The molecule has 0 saturated heterocycles. The standard InChI is InChI=1S/C15H15FN6O2S/c1-3-4-6-15(20-21-15)7-5-10(23)17-8-11-19-22-13(24)12(16)9(2)18-14(22)25-11/h1H,4-8H2,2H3,(H,17,23). The van der Waals surface area contributed by atoms with Crippen LogP contribution in [0.1, 0.15) is 36.4 Å². The van der Waals surface area contributed by atoms with Gasteiger partial charge in [-0.15, -0.1) is 12.3 Å². The number of hydrogen-bond donors (Lipinski definition) is 1. The molecule has 25 heavy (non-hydrogen) atoms. The Morgan fingerprint density at radius 3 is 2.88 bits per heavy atom. The van der Waals surface area contributed by atoms with Crippen molar-refractivity contribution in [3.8, 4) is 12.3 Å². The Bertz CT molecular complexity index is 951. The summed E-state index contributed by atoms with van der Waals surface area (Å²) in [7, 11) is 0. The molecule has 1 N–H and O–H groups in total. The fourth-order valence-electron chi connectivity index (χ4n) is 2.28. The highest BCUT2D eigenvalue weighted by molar-refractivity contribution is 7.16. The third-order valence-corrected chi connectivity index (χ3v) is 4.71. The van der Waals surface area contributed by atoms with Crippen LogP contribution in [0.25, 0.3) is 4.96 Å². The Morgan fingerprint density at radius 2 is 2.20 bits per heavy atom. The minimum atomic E-state index is -0.924. The quantitative estimate of drug-likeness (QED) is 0.756. The van der Waals surface area contributed by atoms with Crippen molar-refractivity contribution in [2.45, 2.75) is 44.8 Å². The summed E-state index contributed by atoms with van der Waals surface area (Å²) in [4.78, 5) is 28.0. The molecule has 1 amide bonds. The van der Waals surface area contributed by atoms with Gasteiger partial charge in [-0.25, -0.2) is 4.98 Å². The normalized spacial score (nSPS) is 14.4. The number of aromatic nitrogens is 3. The molecule has 8 nitrogen and oxygen atoms in total. The van der Waals surface area contributed by atoms with E-state index in [0.29, 0.717) is 24.3 Å². The molecule has 0 aromatic carbocycles. The van der Waals surface area contributed by atoms with Crippen molar-refractivity contribution >= 4 is 22.2 Å². The van der Waals surface area contributed by atoms with Gasteiger partial charge in [0.25, 0.3) is 0 Å². The molecule has 0 unspecified atom stereocenters. The molecule has 0 aliphatic carbocycles. The number of amides is 1. The average Bonchev–Trinajstić information content (AvgIpc) is 3.26. The summed E-state index contributed by atoms with van der Waals surface area (Å²) in [6.45, 7) is 1.56. The van der Waals surface area contributed by atoms with Crippen LogP contribution in [0.15, 0.2) is 15.0 Å². The van der Waals surface area contributed by atoms with Gasteiger partial charge in [0.05, 0.1) is 12.2 Å². The summed E-state index contributed by atoms with van der Waals surface area (Å²) >= 11 is 1.12. The summed E-state index contributed by atoms with van der Waals surface area (Å²) in [5.41, 5.74) is -1.31. The number of carbonyl (C=O) groups is 1. The number of rotatable bonds is 7. The van der Waals surface area contributed by atoms with Gasteiger partial charge >= 0.3 is 5.56 Å². The topological polar surface area (TPSA) is 101 Å². The smallest absolute Gasteiger partial charge is 0.311 e. The predicted octanol–water partition coefficient (Wildman–Crippen LogP) is 1.57. The van der Waals surface area contributed by atoms with E-state index in [2.05, 4.69) is 31.5 Å². The minimum absolute atomic E-state index is 0.0263. The summed E-state index contributed by atoms with van der Waals surface area (Å²) in [5, 5.41) is 15.1. The van der Waals surface area contributed by atoms with E-state index in [1.54, 1.807) is 0 Å². The van der Waals surface area contributed by atoms with Gasteiger partial charge in [0.1, 0.15) is 5.01 Å². The van der Waals surface area contributed by atoms with Crippen molar-refractivity contribution < 1.29 is 9.18 Å². The van der Waals surface area contributed by atoms with Crippen LogP contribution < -0.4 is 10.9 Å². The molecule has 10 heteroatoms. The number of hydrogen-bond acceptors (Lipinski definition) is 7. The highest BCUT2D eigenvalue weighted by atomic mass is 32.1. The van der Waals surface area contributed by atoms with E-state index in [1.165, 1.54) is 6.92 Å². The van der Waals surface area contributed by atoms with Crippen LogP contribution in [0.4, 0.5) is 4.39 Å². The van der Waals surface area contributed by atoms with E-state index in [4.69, 9.17) is 6.42 Å². The molecule has 0 bridgehead atoms. The zero-order valence-electron chi connectivity index (χ0n) is 13.5. The highest BCUT2D eigenvalue weighted by Crippen LogP contribution is 2.37. The lowest BCUT2D eigenvalue weighted by Gasteiger charge is -2.08.